The molecule has 0 N–H and O–H groups in total. The first-order valence-electron chi connectivity index (χ1n) is 4.52. The van der Waals surface area contributed by atoms with Crippen LogP contribution < -0.4 is 0 Å². The normalized spacial score (nSPS) is 9.56. The summed E-state index contributed by atoms with van der Waals surface area (Å²) in [4.78, 5) is 32.3. The van der Waals surface area contributed by atoms with Gasteiger partial charge >= 0.3 is 5.97 Å². The molecule has 6 nitrogen and oxygen atoms in total. The van der Waals surface area contributed by atoms with Gasteiger partial charge in [-0.2, -0.15) is 0 Å². The summed E-state index contributed by atoms with van der Waals surface area (Å²) in [5.41, 5.74) is -0.289. The number of carbonyl (C=O) groups excluding carboxylic acids is 2. The highest BCUT2D eigenvalue weighted by molar-refractivity contribution is 6.40. The Hall–Kier alpha value is -2.24. The van der Waals surface area contributed by atoms with Gasteiger partial charge in [0, 0.05) is 17.7 Å². The van der Waals surface area contributed by atoms with Crippen LogP contribution in [0.1, 0.15) is 17.3 Å². The van der Waals surface area contributed by atoms with Gasteiger partial charge in [-0.15, -0.1) is 0 Å². The maximum atomic E-state index is 11.4. The first-order valence-corrected chi connectivity index (χ1v) is 4.52. The Morgan fingerprint density at radius 1 is 1.44 bits per heavy atom. The third kappa shape index (κ3) is 2.63. The van der Waals surface area contributed by atoms with E-state index in [0.717, 1.165) is 6.07 Å². The van der Waals surface area contributed by atoms with Crippen molar-refractivity contribution in [2.75, 3.05) is 6.61 Å². The van der Waals surface area contributed by atoms with Crippen molar-refractivity contribution < 1.29 is 19.2 Å². The number of hydrogen-bond donors (Lipinski definition) is 0. The molecule has 16 heavy (non-hydrogen) atoms. The molecule has 0 aliphatic carbocycles. The third-order valence-corrected chi connectivity index (χ3v) is 1.78. The van der Waals surface area contributed by atoms with E-state index in [9.17, 15) is 19.7 Å². The second-order valence-corrected chi connectivity index (χ2v) is 2.86. The molecule has 0 fully saturated rings. The van der Waals surface area contributed by atoms with Crippen LogP contribution in [0.15, 0.2) is 24.3 Å². The van der Waals surface area contributed by atoms with Crippen molar-refractivity contribution in [3.63, 3.8) is 0 Å². The fourth-order valence-corrected chi connectivity index (χ4v) is 1.08. The number of carbonyl (C=O) groups is 2. The van der Waals surface area contributed by atoms with Gasteiger partial charge in [-0.3, -0.25) is 14.9 Å². The van der Waals surface area contributed by atoms with Crippen LogP contribution >= 0.6 is 0 Å². The van der Waals surface area contributed by atoms with Crippen LogP contribution in [0.5, 0.6) is 0 Å². The average Bonchev–Trinajstić information content (AvgIpc) is 2.28. The molecule has 0 aromatic heterocycles. The van der Waals surface area contributed by atoms with Crippen molar-refractivity contribution in [2.45, 2.75) is 6.92 Å². The zero-order valence-corrected chi connectivity index (χ0v) is 8.50. The molecule has 1 aromatic carbocycles. The summed E-state index contributed by atoms with van der Waals surface area (Å²) in [7, 11) is 0. The van der Waals surface area contributed by atoms with Gasteiger partial charge in [0.05, 0.1) is 11.5 Å². The molecule has 0 bridgehead atoms. The van der Waals surface area contributed by atoms with Crippen molar-refractivity contribution in [1.29, 1.82) is 0 Å². The van der Waals surface area contributed by atoms with Gasteiger partial charge in [-0.1, -0.05) is 12.1 Å². The fourth-order valence-electron chi connectivity index (χ4n) is 1.08. The van der Waals surface area contributed by atoms with E-state index in [2.05, 4.69) is 4.74 Å². The zero-order valence-electron chi connectivity index (χ0n) is 8.50. The molecule has 0 radical (unpaired) electrons. The van der Waals surface area contributed by atoms with Crippen molar-refractivity contribution in [3.8, 4) is 0 Å². The first-order chi connectivity index (χ1) is 7.56. The highest BCUT2D eigenvalue weighted by Crippen LogP contribution is 2.13. The van der Waals surface area contributed by atoms with Crippen LogP contribution in [-0.4, -0.2) is 23.3 Å². The minimum atomic E-state index is -1.01. The van der Waals surface area contributed by atoms with E-state index < -0.39 is 16.7 Å². The number of rotatable bonds is 4. The van der Waals surface area contributed by atoms with Crippen molar-refractivity contribution in [3.05, 3.63) is 39.9 Å². The predicted octanol–water partition coefficient (Wildman–Crippen LogP) is 1.34. The Labute approximate surface area is 91.0 Å². The maximum absolute atomic E-state index is 11.4. The largest absolute Gasteiger partial charge is 0.460 e. The zero-order chi connectivity index (χ0) is 12.1. The van der Waals surface area contributed by atoms with Crippen LogP contribution in [0.25, 0.3) is 0 Å². The summed E-state index contributed by atoms with van der Waals surface area (Å²) in [6.07, 6.45) is 0. The van der Waals surface area contributed by atoms with Crippen LogP contribution in [0.3, 0.4) is 0 Å². The number of hydrogen-bond acceptors (Lipinski definition) is 5. The lowest BCUT2D eigenvalue weighted by molar-refractivity contribution is -0.384. The summed E-state index contributed by atoms with van der Waals surface area (Å²) >= 11 is 0. The Bertz CT molecular complexity index is 441. The summed E-state index contributed by atoms with van der Waals surface area (Å²) in [5, 5.41) is 10.4. The molecule has 1 aromatic rings. The highest BCUT2D eigenvalue weighted by Gasteiger charge is 2.19. The topological polar surface area (TPSA) is 86.5 Å². The average molecular weight is 223 g/mol. The van der Waals surface area contributed by atoms with E-state index in [4.69, 9.17) is 0 Å². The molecule has 0 heterocycles. The molecule has 0 amide bonds. The number of ether oxygens (including phenoxy) is 1. The van der Waals surface area contributed by atoms with Crippen LogP contribution in [-0.2, 0) is 9.53 Å². The molecular formula is C10H9NO5. The van der Waals surface area contributed by atoms with Crippen LogP contribution in [0, 0.1) is 10.1 Å². The van der Waals surface area contributed by atoms with E-state index in [0.29, 0.717) is 0 Å². The number of Topliss-reactive ketones (excluding diaryl/α,β-unsaturated/α-hetero) is 1. The van der Waals surface area contributed by atoms with Crippen molar-refractivity contribution in [1.82, 2.24) is 0 Å². The lowest BCUT2D eigenvalue weighted by Crippen LogP contribution is -2.17. The predicted molar refractivity (Wildman–Crippen MR) is 54.1 cm³/mol. The Morgan fingerprint density at radius 2 is 2.12 bits per heavy atom. The Balaban J connectivity index is 2.96. The summed E-state index contributed by atoms with van der Waals surface area (Å²) < 4.78 is 4.50. The molecule has 0 unspecified atom stereocenters. The number of benzene rings is 1. The van der Waals surface area contributed by atoms with Crippen LogP contribution in [0.4, 0.5) is 5.69 Å². The van der Waals surface area contributed by atoms with Crippen molar-refractivity contribution >= 4 is 17.4 Å². The highest BCUT2D eigenvalue weighted by atomic mass is 16.6. The summed E-state index contributed by atoms with van der Waals surface area (Å²) in [6.45, 7) is 1.65. The molecule has 6 heteroatoms. The second kappa shape index (κ2) is 5.01. The van der Waals surface area contributed by atoms with Gasteiger partial charge in [-0.05, 0) is 6.92 Å². The number of nitro benzene ring substituents is 1. The lowest BCUT2D eigenvalue weighted by Gasteiger charge is -2.00. The molecule has 0 saturated heterocycles. The van der Waals surface area contributed by atoms with E-state index in [-0.39, 0.29) is 17.9 Å². The number of ketones is 1. The molecule has 0 saturated carbocycles. The minimum Gasteiger partial charge on any atom is -0.460 e. The van der Waals surface area contributed by atoms with Gasteiger partial charge in [0.15, 0.2) is 0 Å². The molecule has 84 valence electrons. The summed E-state index contributed by atoms with van der Waals surface area (Å²) in [5.74, 6) is -1.89. The Morgan fingerprint density at radius 3 is 2.69 bits per heavy atom. The van der Waals surface area contributed by atoms with Gasteiger partial charge in [0.1, 0.15) is 0 Å². The quantitative estimate of drug-likeness (QED) is 0.253. The molecule has 0 spiro atoms. The van der Waals surface area contributed by atoms with Gasteiger partial charge in [-0.25, -0.2) is 4.79 Å². The van der Waals surface area contributed by atoms with E-state index >= 15 is 0 Å². The first kappa shape index (κ1) is 11.8. The molecular weight excluding hydrogens is 214 g/mol. The smallest absolute Gasteiger partial charge is 0.379 e. The fraction of sp³-hybridized carbons (Fsp3) is 0.200. The SMILES string of the molecule is CCOC(=O)C(=O)c1cccc([N+](=O)[O-])c1. The number of nitrogens with zero attached hydrogens (tertiary/aromatic N) is 1. The van der Waals surface area contributed by atoms with E-state index in [1.54, 1.807) is 6.92 Å². The van der Waals surface area contributed by atoms with Gasteiger partial charge in [0.25, 0.3) is 11.5 Å². The van der Waals surface area contributed by atoms with Gasteiger partial charge < -0.3 is 4.74 Å². The number of esters is 1. The summed E-state index contributed by atoms with van der Waals surface area (Å²) in [6, 6.07) is 4.94. The third-order valence-electron chi connectivity index (χ3n) is 1.78. The monoisotopic (exact) mass is 223 g/mol. The van der Waals surface area contributed by atoms with E-state index in [1.165, 1.54) is 18.2 Å². The number of non-ortho nitro benzene ring substituents is 1. The minimum absolute atomic E-state index is 0.0485. The molecule has 0 aliphatic rings. The number of nitro groups is 1. The maximum Gasteiger partial charge on any atom is 0.379 e. The van der Waals surface area contributed by atoms with E-state index in [1.807, 2.05) is 0 Å². The molecule has 1 rings (SSSR count). The standard InChI is InChI=1S/C10H9NO5/c1-2-16-10(13)9(12)7-4-3-5-8(6-7)11(14)15/h3-6H,2H2,1H3. The van der Waals surface area contributed by atoms with Crippen LogP contribution in [0.2, 0.25) is 0 Å². The Kier molecular flexibility index (Phi) is 3.71. The van der Waals surface area contributed by atoms with Gasteiger partial charge in [0.2, 0.25) is 0 Å². The lowest BCUT2D eigenvalue weighted by atomic mass is 10.1. The molecule has 0 atom stereocenters. The van der Waals surface area contributed by atoms with Crippen molar-refractivity contribution in [2.24, 2.45) is 0 Å². The molecule has 0 aliphatic heterocycles. The second-order valence-electron chi connectivity index (χ2n) is 2.86.